The molecule has 2 nitrogen and oxygen atoms in total. The van der Waals surface area contributed by atoms with Crippen LogP contribution in [0.2, 0.25) is 0 Å². The van der Waals surface area contributed by atoms with E-state index in [1.54, 1.807) is 7.05 Å². The minimum Gasteiger partial charge on any atom is -0.311 e. The fourth-order valence-corrected chi connectivity index (χ4v) is 0.642. The maximum absolute atomic E-state index is 11.0. The van der Waals surface area contributed by atoms with E-state index < -0.39 is 0 Å². The zero-order valence-corrected chi connectivity index (χ0v) is 6.56. The number of likely N-dealkylation sites (N-methyl/N-ethyl adjacent to an activating group) is 1. The molecule has 0 heterocycles. The number of nitrogens with one attached hydrogen (secondary N) is 1. The molecule has 0 aliphatic rings. The second-order valence-electron chi connectivity index (χ2n) is 2.57. The van der Waals surface area contributed by atoms with E-state index in [-0.39, 0.29) is 17.7 Å². The Morgan fingerprint density at radius 2 is 1.78 bits per heavy atom. The van der Waals surface area contributed by atoms with Gasteiger partial charge in [-0.05, 0) is 14.0 Å². The van der Waals surface area contributed by atoms with Gasteiger partial charge >= 0.3 is 0 Å². The summed E-state index contributed by atoms with van der Waals surface area (Å²) in [7, 11) is 1.80. The number of carbonyl (C=O) groups excluding carboxylic acids is 1. The summed E-state index contributed by atoms with van der Waals surface area (Å²) in [6, 6.07) is 0.00463. The second kappa shape index (κ2) is 3.62. The summed E-state index contributed by atoms with van der Waals surface area (Å²) >= 11 is 0. The number of hydrogen-bond donors (Lipinski definition) is 1. The minimum absolute atomic E-state index is 0.00463. The summed E-state index contributed by atoms with van der Waals surface area (Å²) in [4.78, 5) is 11.0. The first-order chi connectivity index (χ1) is 4.09. The average molecular weight is 129 g/mol. The van der Waals surface area contributed by atoms with E-state index in [0.717, 1.165) is 0 Å². The third kappa shape index (κ3) is 2.61. The van der Waals surface area contributed by atoms with Gasteiger partial charge in [0.2, 0.25) is 0 Å². The van der Waals surface area contributed by atoms with E-state index in [1.165, 1.54) is 0 Å². The molecule has 0 rings (SSSR count). The van der Waals surface area contributed by atoms with E-state index in [4.69, 9.17) is 0 Å². The van der Waals surface area contributed by atoms with Crippen LogP contribution in [0, 0.1) is 5.92 Å². The normalized spacial score (nSPS) is 13.9. The molecular weight excluding hydrogens is 114 g/mol. The molecule has 9 heavy (non-hydrogen) atoms. The van der Waals surface area contributed by atoms with Gasteiger partial charge in [-0.1, -0.05) is 13.8 Å². The zero-order chi connectivity index (χ0) is 7.44. The predicted molar refractivity (Wildman–Crippen MR) is 38.4 cm³/mol. The smallest absolute Gasteiger partial charge is 0.151 e. The highest BCUT2D eigenvalue weighted by Crippen LogP contribution is 1.97. The first-order valence-corrected chi connectivity index (χ1v) is 3.30. The fourth-order valence-electron chi connectivity index (χ4n) is 0.642. The Morgan fingerprint density at radius 3 is 1.89 bits per heavy atom. The van der Waals surface area contributed by atoms with Gasteiger partial charge in [0.05, 0.1) is 6.04 Å². The zero-order valence-electron chi connectivity index (χ0n) is 6.56. The van der Waals surface area contributed by atoms with E-state index >= 15 is 0 Å². The van der Waals surface area contributed by atoms with Crippen LogP contribution in [0.4, 0.5) is 0 Å². The number of hydrogen-bond acceptors (Lipinski definition) is 2. The molecule has 0 fully saturated rings. The van der Waals surface area contributed by atoms with Crippen molar-refractivity contribution in [3.63, 3.8) is 0 Å². The van der Waals surface area contributed by atoms with Gasteiger partial charge in [-0.2, -0.15) is 0 Å². The summed E-state index contributed by atoms with van der Waals surface area (Å²) < 4.78 is 0. The molecule has 0 aliphatic carbocycles. The number of rotatable bonds is 3. The molecule has 0 saturated heterocycles. The molecule has 0 aliphatic heterocycles. The molecule has 0 aromatic rings. The van der Waals surface area contributed by atoms with Crippen molar-refractivity contribution in [1.82, 2.24) is 5.32 Å². The van der Waals surface area contributed by atoms with Crippen molar-refractivity contribution in [2.75, 3.05) is 7.05 Å². The standard InChI is InChI=1S/C7H15NO/c1-5(2)7(9)6(3)8-4/h5-6,8H,1-4H3. The molecular formula is C7H15NO. The van der Waals surface area contributed by atoms with Crippen LogP contribution >= 0.6 is 0 Å². The van der Waals surface area contributed by atoms with Gasteiger partial charge in [0.15, 0.2) is 5.78 Å². The van der Waals surface area contributed by atoms with E-state index in [9.17, 15) is 4.79 Å². The van der Waals surface area contributed by atoms with Crippen LogP contribution in [0.3, 0.4) is 0 Å². The van der Waals surface area contributed by atoms with Crippen LogP contribution in [-0.4, -0.2) is 18.9 Å². The lowest BCUT2D eigenvalue weighted by atomic mass is 10.0. The number of carbonyl (C=O) groups is 1. The van der Waals surface area contributed by atoms with Crippen molar-refractivity contribution < 1.29 is 4.79 Å². The SMILES string of the molecule is CNC(C)C(=O)C(C)C. The van der Waals surface area contributed by atoms with Crippen LogP contribution in [0.5, 0.6) is 0 Å². The fraction of sp³-hybridized carbons (Fsp3) is 0.857. The topological polar surface area (TPSA) is 29.1 Å². The van der Waals surface area contributed by atoms with Crippen molar-refractivity contribution in [2.45, 2.75) is 26.8 Å². The van der Waals surface area contributed by atoms with Crippen molar-refractivity contribution in [3.05, 3.63) is 0 Å². The highest BCUT2D eigenvalue weighted by Gasteiger charge is 2.12. The molecule has 0 aromatic heterocycles. The summed E-state index contributed by atoms with van der Waals surface area (Å²) in [5, 5.41) is 2.90. The van der Waals surface area contributed by atoms with Crippen molar-refractivity contribution >= 4 is 5.78 Å². The molecule has 1 N–H and O–H groups in total. The Kier molecular flexibility index (Phi) is 3.47. The highest BCUT2D eigenvalue weighted by atomic mass is 16.1. The number of Topliss-reactive ketones (excluding diaryl/α,β-unsaturated/α-hetero) is 1. The molecule has 1 unspecified atom stereocenters. The Morgan fingerprint density at radius 1 is 1.33 bits per heavy atom. The summed E-state index contributed by atoms with van der Waals surface area (Å²) in [6.07, 6.45) is 0. The first-order valence-electron chi connectivity index (χ1n) is 3.30. The van der Waals surface area contributed by atoms with E-state index in [1.807, 2.05) is 20.8 Å². The van der Waals surface area contributed by atoms with Gasteiger partial charge in [-0.25, -0.2) is 0 Å². The van der Waals surface area contributed by atoms with Crippen LogP contribution in [0.15, 0.2) is 0 Å². The molecule has 0 amide bonds. The Bertz CT molecular complexity index is 99.1. The maximum Gasteiger partial charge on any atom is 0.151 e. The van der Waals surface area contributed by atoms with Gasteiger partial charge < -0.3 is 5.32 Å². The van der Waals surface area contributed by atoms with Crippen molar-refractivity contribution in [2.24, 2.45) is 5.92 Å². The molecule has 0 radical (unpaired) electrons. The van der Waals surface area contributed by atoms with Gasteiger partial charge in [-0.15, -0.1) is 0 Å². The molecule has 0 spiro atoms. The Balaban J connectivity index is 3.73. The quantitative estimate of drug-likeness (QED) is 0.611. The summed E-state index contributed by atoms with van der Waals surface area (Å²) in [6.45, 7) is 5.70. The molecule has 0 saturated carbocycles. The molecule has 2 heteroatoms. The van der Waals surface area contributed by atoms with Crippen molar-refractivity contribution in [1.29, 1.82) is 0 Å². The largest absolute Gasteiger partial charge is 0.311 e. The monoisotopic (exact) mass is 129 g/mol. The predicted octanol–water partition coefficient (Wildman–Crippen LogP) is 0.819. The molecule has 1 atom stereocenters. The lowest BCUT2D eigenvalue weighted by Crippen LogP contribution is -2.33. The van der Waals surface area contributed by atoms with Crippen LogP contribution in [0.25, 0.3) is 0 Å². The minimum atomic E-state index is 0.00463. The molecule has 0 bridgehead atoms. The van der Waals surface area contributed by atoms with E-state index in [0.29, 0.717) is 0 Å². The average Bonchev–Trinajstić information content (AvgIpc) is 1.84. The van der Waals surface area contributed by atoms with Crippen LogP contribution in [0.1, 0.15) is 20.8 Å². The third-order valence-corrected chi connectivity index (χ3v) is 1.43. The summed E-state index contributed by atoms with van der Waals surface area (Å²) in [5.74, 6) is 0.421. The second-order valence-corrected chi connectivity index (χ2v) is 2.57. The van der Waals surface area contributed by atoms with Gasteiger partial charge in [0.25, 0.3) is 0 Å². The van der Waals surface area contributed by atoms with Gasteiger partial charge in [-0.3, -0.25) is 4.79 Å². The Hall–Kier alpha value is -0.370. The molecule has 0 aromatic carbocycles. The lowest BCUT2D eigenvalue weighted by molar-refractivity contribution is -0.123. The Labute approximate surface area is 56.6 Å². The maximum atomic E-state index is 11.0. The number of ketones is 1. The van der Waals surface area contributed by atoms with Gasteiger partial charge in [0.1, 0.15) is 0 Å². The summed E-state index contributed by atoms with van der Waals surface area (Å²) in [5.41, 5.74) is 0. The van der Waals surface area contributed by atoms with Crippen LogP contribution in [-0.2, 0) is 4.79 Å². The molecule has 54 valence electrons. The van der Waals surface area contributed by atoms with Gasteiger partial charge in [0, 0.05) is 5.92 Å². The van der Waals surface area contributed by atoms with Crippen molar-refractivity contribution in [3.8, 4) is 0 Å². The highest BCUT2D eigenvalue weighted by molar-refractivity contribution is 5.85. The van der Waals surface area contributed by atoms with E-state index in [2.05, 4.69) is 5.32 Å². The lowest BCUT2D eigenvalue weighted by Gasteiger charge is -2.10. The van der Waals surface area contributed by atoms with Crippen LogP contribution < -0.4 is 5.32 Å². The first kappa shape index (κ1) is 8.63. The third-order valence-electron chi connectivity index (χ3n) is 1.43.